The Morgan fingerprint density at radius 2 is 1.52 bits per heavy atom. The maximum Gasteiger partial charge on any atom is 0.300 e. The van der Waals surface area contributed by atoms with Crippen LogP contribution < -0.4 is 4.90 Å². The van der Waals surface area contributed by atoms with Crippen molar-refractivity contribution in [3.8, 4) is 0 Å². The molecule has 1 amide bonds. The van der Waals surface area contributed by atoms with Crippen LogP contribution in [0.5, 0.6) is 0 Å². The molecule has 0 radical (unpaired) electrons. The molecule has 0 aromatic heterocycles. The monoisotopic (exact) mass is 451 g/mol. The molecule has 4 nitrogen and oxygen atoms in total. The van der Waals surface area contributed by atoms with E-state index in [0.29, 0.717) is 16.8 Å². The second-order valence-corrected chi connectivity index (χ2v) is 7.48. The van der Waals surface area contributed by atoms with E-state index >= 15 is 0 Å². The van der Waals surface area contributed by atoms with Crippen molar-refractivity contribution in [2.24, 2.45) is 0 Å². The first-order chi connectivity index (χ1) is 14.0. The molecule has 3 aromatic rings. The van der Waals surface area contributed by atoms with Crippen LogP contribution in [0, 0.1) is 5.82 Å². The van der Waals surface area contributed by atoms with Gasteiger partial charge in [-0.1, -0.05) is 58.4 Å². The van der Waals surface area contributed by atoms with Gasteiger partial charge < -0.3 is 5.11 Å². The molecule has 0 aliphatic carbocycles. The van der Waals surface area contributed by atoms with Gasteiger partial charge >= 0.3 is 0 Å². The minimum atomic E-state index is -0.878. The molecule has 1 atom stereocenters. The third kappa shape index (κ3) is 3.47. The molecular formula is C23H15BrFNO3. The van der Waals surface area contributed by atoms with Crippen LogP contribution in [-0.4, -0.2) is 16.8 Å². The van der Waals surface area contributed by atoms with Gasteiger partial charge in [0.1, 0.15) is 11.6 Å². The molecule has 6 heteroatoms. The van der Waals surface area contributed by atoms with Gasteiger partial charge in [-0.3, -0.25) is 14.5 Å². The molecule has 3 aromatic carbocycles. The quantitative estimate of drug-likeness (QED) is 0.337. The highest BCUT2D eigenvalue weighted by Crippen LogP contribution is 2.42. The lowest BCUT2D eigenvalue weighted by atomic mass is 9.95. The molecular weight excluding hydrogens is 437 g/mol. The number of carbonyl (C=O) groups is 2. The van der Waals surface area contributed by atoms with Crippen LogP contribution in [0.15, 0.2) is 88.9 Å². The lowest BCUT2D eigenvalue weighted by Gasteiger charge is -2.25. The van der Waals surface area contributed by atoms with Crippen molar-refractivity contribution in [3.05, 3.63) is 106 Å². The number of benzene rings is 3. The third-order valence-corrected chi connectivity index (χ3v) is 5.31. The van der Waals surface area contributed by atoms with Gasteiger partial charge in [0.25, 0.3) is 11.7 Å². The number of hydrogen-bond acceptors (Lipinski definition) is 3. The molecule has 1 aliphatic rings. The van der Waals surface area contributed by atoms with E-state index in [1.165, 1.54) is 29.2 Å². The Hall–Kier alpha value is -3.25. The first-order valence-corrected chi connectivity index (χ1v) is 9.64. The molecule has 1 N–H and O–H groups in total. The van der Waals surface area contributed by atoms with Crippen LogP contribution in [0.1, 0.15) is 17.2 Å². The number of ketones is 1. The molecule has 0 spiro atoms. The fraction of sp³-hybridized carbons (Fsp3) is 0.0435. The summed E-state index contributed by atoms with van der Waals surface area (Å²) in [7, 11) is 0. The smallest absolute Gasteiger partial charge is 0.300 e. The number of nitrogens with zero attached hydrogens (tertiary/aromatic N) is 1. The summed E-state index contributed by atoms with van der Waals surface area (Å²) in [6.07, 6.45) is 0. The third-order valence-electron chi connectivity index (χ3n) is 4.78. The summed E-state index contributed by atoms with van der Waals surface area (Å²) >= 11 is 3.35. The second kappa shape index (κ2) is 7.64. The Morgan fingerprint density at radius 1 is 0.897 bits per heavy atom. The predicted octanol–water partition coefficient (Wildman–Crippen LogP) is 5.21. The van der Waals surface area contributed by atoms with Crippen molar-refractivity contribution in [1.82, 2.24) is 0 Å². The van der Waals surface area contributed by atoms with Crippen molar-refractivity contribution >= 4 is 39.1 Å². The van der Waals surface area contributed by atoms with Crippen molar-refractivity contribution in [2.75, 3.05) is 4.90 Å². The predicted molar refractivity (Wildman–Crippen MR) is 112 cm³/mol. The Kier molecular flexibility index (Phi) is 5.03. The van der Waals surface area contributed by atoms with Crippen molar-refractivity contribution in [2.45, 2.75) is 6.04 Å². The van der Waals surface area contributed by atoms with Crippen LogP contribution in [0.4, 0.5) is 10.1 Å². The molecule has 144 valence electrons. The number of halogens is 2. The Labute approximate surface area is 175 Å². The summed E-state index contributed by atoms with van der Waals surface area (Å²) in [6, 6.07) is 20.1. The number of Topliss-reactive ketones (excluding diaryl/α,β-unsaturated/α-hetero) is 1. The van der Waals surface area contributed by atoms with Crippen LogP contribution in [0.25, 0.3) is 5.76 Å². The molecule has 4 rings (SSSR count). The van der Waals surface area contributed by atoms with E-state index in [9.17, 15) is 19.1 Å². The highest BCUT2D eigenvalue weighted by atomic mass is 79.9. The first kappa shape index (κ1) is 19.1. The number of aliphatic hydroxyl groups excluding tert-OH is 1. The van der Waals surface area contributed by atoms with Gasteiger partial charge in [0.2, 0.25) is 0 Å². The SMILES string of the molecule is O=C1C(=O)N(c2ccc(Br)cc2)[C@H](c2ccc(F)cc2)C1=C(O)c1ccccc1. The number of amides is 1. The zero-order valence-corrected chi connectivity index (χ0v) is 16.6. The van der Waals surface area contributed by atoms with Gasteiger partial charge in [0.05, 0.1) is 11.6 Å². The van der Waals surface area contributed by atoms with E-state index < -0.39 is 23.5 Å². The van der Waals surface area contributed by atoms with Gasteiger partial charge in [-0.05, 0) is 42.0 Å². The summed E-state index contributed by atoms with van der Waals surface area (Å²) in [5, 5.41) is 10.9. The van der Waals surface area contributed by atoms with Crippen LogP contribution in [-0.2, 0) is 9.59 Å². The molecule has 1 fully saturated rings. The molecule has 29 heavy (non-hydrogen) atoms. The first-order valence-electron chi connectivity index (χ1n) is 8.85. The van der Waals surface area contributed by atoms with Crippen LogP contribution >= 0.6 is 15.9 Å². The van der Waals surface area contributed by atoms with Crippen molar-refractivity contribution in [1.29, 1.82) is 0 Å². The van der Waals surface area contributed by atoms with Crippen LogP contribution in [0.3, 0.4) is 0 Å². The summed E-state index contributed by atoms with van der Waals surface area (Å²) < 4.78 is 14.3. The lowest BCUT2D eigenvalue weighted by molar-refractivity contribution is -0.132. The fourth-order valence-corrected chi connectivity index (χ4v) is 3.68. The number of carbonyl (C=O) groups excluding carboxylic acids is 2. The van der Waals surface area contributed by atoms with Gasteiger partial charge in [0, 0.05) is 15.7 Å². The summed E-state index contributed by atoms with van der Waals surface area (Å²) in [4.78, 5) is 27.2. The number of rotatable bonds is 3. The second-order valence-electron chi connectivity index (χ2n) is 6.56. The minimum absolute atomic E-state index is 0.0317. The van der Waals surface area contributed by atoms with Gasteiger partial charge in [-0.2, -0.15) is 0 Å². The average molecular weight is 452 g/mol. The molecule has 0 saturated carbocycles. The van der Waals surface area contributed by atoms with E-state index in [2.05, 4.69) is 15.9 Å². The zero-order valence-electron chi connectivity index (χ0n) is 15.0. The van der Waals surface area contributed by atoms with E-state index in [1.54, 1.807) is 54.6 Å². The van der Waals surface area contributed by atoms with E-state index in [4.69, 9.17) is 0 Å². The molecule has 0 unspecified atom stereocenters. The number of hydrogen-bond donors (Lipinski definition) is 1. The van der Waals surface area contributed by atoms with E-state index in [1.807, 2.05) is 0 Å². The molecule has 1 heterocycles. The molecule has 1 saturated heterocycles. The number of anilines is 1. The maximum absolute atomic E-state index is 13.5. The van der Waals surface area contributed by atoms with Crippen molar-refractivity contribution in [3.63, 3.8) is 0 Å². The van der Waals surface area contributed by atoms with E-state index in [0.717, 1.165) is 4.47 Å². The zero-order chi connectivity index (χ0) is 20.5. The highest BCUT2D eigenvalue weighted by Gasteiger charge is 2.46. The molecule has 1 aliphatic heterocycles. The topological polar surface area (TPSA) is 57.6 Å². The summed E-state index contributed by atoms with van der Waals surface area (Å²) in [6.45, 7) is 0. The van der Waals surface area contributed by atoms with Gasteiger partial charge in [-0.25, -0.2) is 4.39 Å². The normalized spacial score (nSPS) is 18.3. The summed E-state index contributed by atoms with van der Waals surface area (Å²) in [5.74, 6) is -2.24. The number of aliphatic hydroxyl groups is 1. The Balaban J connectivity index is 1.94. The lowest BCUT2D eigenvalue weighted by Crippen LogP contribution is -2.29. The van der Waals surface area contributed by atoms with E-state index in [-0.39, 0.29) is 11.3 Å². The standard InChI is InChI=1S/C23H15BrFNO3/c24-16-8-12-18(13-9-16)26-20(14-6-10-17(25)11-7-14)19(22(28)23(26)29)21(27)15-4-2-1-3-5-15/h1-13,20,27H/t20-/m1/s1. The highest BCUT2D eigenvalue weighted by molar-refractivity contribution is 9.10. The van der Waals surface area contributed by atoms with Crippen molar-refractivity contribution < 1.29 is 19.1 Å². The van der Waals surface area contributed by atoms with Gasteiger partial charge in [-0.15, -0.1) is 0 Å². The average Bonchev–Trinajstić information content (AvgIpc) is 3.00. The minimum Gasteiger partial charge on any atom is -0.507 e. The fourth-order valence-electron chi connectivity index (χ4n) is 3.41. The maximum atomic E-state index is 13.5. The van der Waals surface area contributed by atoms with Crippen LogP contribution in [0.2, 0.25) is 0 Å². The summed E-state index contributed by atoms with van der Waals surface area (Å²) in [5.41, 5.74) is 1.41. The molecule has 0 bridgehead atoms. The Bertz CT molecular complexity index is 1110. The van der Waals surface area contributed by atoms with Gasteiger partial charge in [0.15, 0.2) is 0 Å². The Morgan fingerprint density at radius 3 is 2.14 bits per heavy atom. The largest absolute Gasteiger partial charge is 0.507 e.